The lowest BCUT2D eigenvalue weighted by atomic mass is 10.0. The molecule has 0 aliphatic rings. The lowest BCUT2D eigenvalue weighted by molar-refractivity contribution is -0.142. The number of carbonyl (C=O) groups excluding carboxylic acids is 2. The van der Waals surface area contributed by atoms with Crippen LogP contribution in [0.25, 0.3) is 0 Å². The van der Waals surface area contributed by atoms with Crippen LogP contribution in [0.3, 0.4) is 0 Å². The Morgan fingerprint density at radius 3 is 2.32 bits per heavy atom. The van der Waals surface area contributed by atoms with Crippen LogP contribution in [-0.4, -0.2) is 25.0 Å². The second-order valence-electron chi connectivity index (χ2n) is 5.08. The second-order valence-corrected chi connectivity index (χ2v) is 5.90. The number of halogens is 4. The van der Waals surface area contributed by atoms with Crippen molar-refractivity contribution in [2.75, 3.05) is 7.11 Å². The third kappa shape index (κ3) is 4.67. The normalized spacial score (nSPS) is 11.7. The van der Waals surface area contributed by atoms with Gasteiger partial charge in [0.15, 0.2) is 11.6 Å². The van der Waals surface area contributed by atoms with Crippen LogP contribution in [0.1, 0.15) is 15.9 Å². The standard InChI is InChI=1S/C17H13Cl2F2NO3/c1-25-17(24)15(8-10-11(18)3-2-4-12(10)19)22-16(23)9-5-6-13(20)14(21)7-9/h2-7,15H,8H2,1H3,(H,22,23)/t15-/m0/s1. The average molecular weight is 388 g/mol. The van der Waals surface area contributed by atoms with Crippen molar-refractivity contribution >= 4 is 35.1 Å². The van der Waals surface area contributed by atoms with Gasteiger partial charge in [0.25, 0.3) is 5.91 Å². The van der Waals surface area contributed by atoms with Gasteiger partial charge in [-0.1, -0.05) is 29.3 Å². The van der Waals surface area contributed by atoms with E-state index in [-0.39, 0.29) is 12.0 Å². The maximum Gasteiger partial charge on any atom is 0.328 e. The summed E-state index contributed by atoms with van der Waals surface area (Å²) in [6.45, 7) is 0. The van der Waals surface area contributed by atoms with E-state index in [1.165, 1.54) is 0 Å². The van der Waals surface area contributed by atoms with Gasteiger partial charge in [0.05, 0.1) is 7.11 Å². The third-order valence-corrected chi connectivity index (χ3v) is 4.15. The van der Waals surface area contributed by atoms with Crippen molar-refractivity contribution < 1.29 is 23.1 Å². The number of methoxy groups -OCH3 is 1. The van der Waals surface area contributed by atoms with Crippen molar-refractivity contribution in [3.05, 3.63) is 69.2 Å². The monoisotopic (exact) mass is 387 g/mol. The van der Waals surface area contributed by atoms with E-state index < -0.39 is 29.6 Å². The van der Waals surface area contributed by atoms with E-state index in [0.717, 1.165) is 25.3 Å². The smallest absolute Gasteiger partial charge is 0.328 e. The molecule has 0 saturated carbocycles. The highest BCUT2D eigenvalue weighted by atomic mass is 35.5. The molecule has 1 atom stereocenters. The Morgan fingerprint density at radius 1 is 1.12 bits per heavy atom. The average Bonchev–Trinajstić information content (AvgIpc) is 2.58. The Kier molecular flexibility index (Phi) is 6.33. The number of benzene rings is 2. The molecule has 4 nitrogen and oxygen atoms in total. The summed E-state index contributed by atoms with van der Waals surface area (Å²) in [5.41, 5.74) is 0.310. The molecule has 0 aliphatic heterocycles. The van der Waals surface area contributed by atoms with Gasteiger partial charge in [-0.05, 0) is 35.9 Å². The zero-order chi connectivity index (χ0) is 18.6. The van der Waals surface area contributed by atoms with Crippen LogP contribution in [0.2, 0.25) is 10.0 Å². The lowest BCUT2D eigenvalue weighted by Crippen LogP contribution is -2.43. The molecule has 25 heavy (non-hydrogen) atoms. The van der Waals surface area contributed by atoms with E-state index in [1.54, 1.807) is 18.2 Å². The van der Waals surface area contributed by atoms with Gasteiger partial charge in [0.1, 0.15) is 6.04 Å². The molecule has 8 heteroatoms. The molecule has 2 aromatic rings. The van der Waals surface area contributed by atoms with Crippen molar-refractivity contribution in [1.29, 1.82) is 0 Å². The number of esters is 1. The molecule has 0 aliphatic carbocycles. The SMILES string of the molecule is COC(=O)[C@H](Cc1c(Cl)cccc1Cl)NC(=O)c1ccc(F)c(F)c1. The summed E-state index contributed by atoms with van der Waals surface area (Å²) in [4.78, 5) is 24.2. The number of hydrogen-bond acceptors (Lipinski definition) is 3. The molecule has 2 aromatic carbocycles. The van der Waals surface area contributed by atoms with Crippen LogP contribution in [0.15, 0.2) is 36.4 Å². The fraction of sp³-hybridized carbons (Fsp3) is 0.176. The second kappa shape index (κ2) is 8.27. The van der Waals surface area contributed by atoms with E-state index in [1.807, 2.05) is 0 Å². The van der Waals surface area contributed by atoms with E-state index in [0.29, 0.717) is 15.6 Å². The van der Waals surface area contributed by atoms with E-state index in [4.69, 9.17) is 23.2 Å². The van der Waals surface area contributed by atoms with Gasteiger partial charge >= 0.3 is 5.97 Å². The predicted molar refractivity (Wildman–Crippen MR) is 89.8 cm³/mol. The third-order valence-electron chi connectivity index (χ3n) is 3.44. The quantitative estimate of drug-likeness (QED) is 0.794. The highest BCUT2D eigenvalue weighted by Crippen LogP contribution is 2.25. The molecular weight excluding hydrogens is 375 g/mol. The van der Waals surface area contributed by atoms with Crippen molar-refractivity contribution in [2.24, 2.45) is 0 Å². The van der Waals surface area contributed by atoms with Crippen LogP contribution >= 0.6 is 23.2 Å². The summed E-state index contributed by atoms with van der Waals surface area (Å²) in [6.07, 6.45) is -0.0272. The molecule has 0 spiro atoms. The van der Waals surface area contributed by atoms with Crippen LogP contribution in [-0.2, 0) is 16.0 Å². The highest BCUT2D eigenvalue weighted by Gasteiger charge is 2.25. The summed E-state index contributed by atoms with van der Waals surface area (Å²) < 4.78 is 30.9. The highest BCUT2D eigenvalue weighted by molar-refractivity contribution is 6.36. The zero-order valence-corrected chi connectivity index (χ0v) is 14.5. The first-order chi connectivity index (χ1) is 11.8. The zero-order valence-electron chi connectivity index (χ0n) is 13.0. The maximum absolute atomic E-state index is 13.3. The number of carbonyl (C=O) groups is 2. The summed E-state index contributed by atoms with van der Waals surface area (Å²) in [7, 11) is 1.16. The minimum atomic E-state index is -1.17. The van der Waals surface area contributed by atoms with Crippen LogP contribution in [0.4, 0.5) is 8.78 Å². The van der Waals surface area contributed by atoms with Gasteiger partial charge < -0.3 is 10.1 Å². The number of hydrogen-bond donors (Lipinski definition) is 1. The first kappa shape index (κ1) is 19.1. The molecule has 0 bridgehead atoms. The van der Waals surface area contributed by atoms with E-state index >= 15 is 0 Å². The topological polar surface area (TPSA) is 55.4 Å². The number of nitrogens with one attached hydrogen (secondary N) is 1. The van der Waals surface area contributed by atoms with E-state index in [9.17, 15) is 18.4 Å². The fourth-order valence-electron chi connectivity index (χ4n) is 2.15. The van der Waals surface area contributed by atoms with Crippen LogP contribution < -0.4 is 5.32 Å². The minimum absolute atomic E-state index is 0.0272. The van der Waals surface area contributed by atoms with Gasteiger partial charge in [-0.2, -0.15) is 0 Å². The van der Waals surface area contributed by atoms with Gasteiger partial charge in [-0.25, -0.2) is 13.6 Å². The lowest BCUT2D eigenvalue weighted by Gasteiger charge is -2.18. The van der Waals surface area contributed by atoms with Gasteiger partial charge in [0.2, 0.25) is 0 Å². The molecule has 0 saturated heterocycles. The van der Waals surface area contributed by atoms with Gasteiger partial charge in [-0.3, -0.25) is 4.79 Å². The molecule has 0 unspecified atom stereocenters. The van der Waals surface area contributed by atoms with Crippen LogP contribution in [0.5, 0.6) is 0 Å². The van der Waals surface area contributed by atoms with Crippen LogP contribution in [0, 0.1) is 11.6 Å². The van der Waals surface area contributed by atoms with Gasteiger partial charge in [-0.15, -0.1) is 0 Å². The predicted octanol–water partition coefficient (Wildman–Crippen LogP) is 3.79. The Morgan fingerprint density at radius 2 is 1.76 bits per heavy atom. The molecule has 1 N–H and O–H groups in total. The number of ether oxygens (including phenoxy) is 1. The first-order valence-corrected chi connectivity index (χ1v) is 7.85. The number of rotatable bonds is 5. The molecule has 132 valence electrons. The molecule has 0 fully saturated rings. The Hall–Kier alpha value is -2.18. The molecule has 0 aromatic heterocycles. The Bertz CT molecular complexity index is 794. The number of amides is 1. The maximum atomic E-state index is 13.3. The summed E-state index contributed by atoms with van der Waals surface area (Å²) in [6, 6.07) is 6.38. The molecular formula is C17H13Cl2F2NO3. The van der Waals surface area contributed by atoms with Gasteiger partial charge in [0, 0.05) is 22.0 Å². The van der Waals surface area contributed by atoms with Crippen molar-refractivity contribution in [1.82, 2.24) is 5.32 Å². The Labute approximate surface area is 152 Å². The first-order valence-electron chi connectivity index (χ1n) is 7.10. The van der Waals surface area contributed by atoms with Crippen molar-refractivity contribution in [2.45, 2.75) is 12.5 Å². The van der Waals surface area contributed by atoms with Crippen molar-refractivity contribution in [3.63, 3.8) is 0 Å². The summed E-state index contributed by atoms with van der Waals surface area (Å²) in [5.74, 6) is -3.75. The molecule has 2 rings (SSSR count). The fourth-order valence-corrected chi connectivity index (χ4v) is 2.70. The minimum Gasteiger partial charge on any atom is -0.467 e. The van der Waals surface area contributed by atoms with E-state index in [2.05, 4.69) is 10.1 Å². The summed E-state index contributed by atoms with van der Waals surface area (Å²) >= 11 is 12.1. The Balaban J connectivity index is 2.24. The largest absolute Gasteiger partial charge is 0.467 e. The molecule has 0 heterocycles. The van der Waals surface area contributed by atoms with Crippen molar-refractivity contribution in [3.8, 4) is 0 Å². The summed E-state index contributed by atoms with van der Waals surface area (Å²) in [5, 5.41) is 3.06. The molecule has 0 radical (unpaired) electrons. The molecule has 1 amide bonds.